The lowest BCUT2D eigenvalue weighted by molar-refractivity contribution is -0.131. The molecule has 0 aliphatic carbocycles. The summed E-state index contributed by atoms with van der Waals surface area (Å²) in [6.45, 7) is 3.55. The zero-order valence-electron chi connectivity index (χ0n) is 15.2. The first-order valence-corrected chi connectivity index (χ1v) is 9.51. The lowest BCUT2D eigenvalue weighted by Crippen LogP contribution is -2.40. The number of nitrogens with zero attached hydrogens (tertiary/aromatic N) is 3. The molecule has 1 atom stereocenters. The summed E-state index contributed by atoms with van der Waals surface area (Å²) < 4.78 is 16.3. The monoisotopic (exact) mass is 377 g/mol. The Morgan fingerprint density at radius 2 is 1.88 bits per heavy atom. The number of rotatable bonds is 6. The van der Waals surface area contributed by atoms with Crippen LogP contribution in [0.4, 0.5) is 0 Å². The number of carbonyl (C=O) groups is 1. The Bertz CT molecular complexity index is 759. The average Bonchev–Trinajstić information content (AvgIpc) is 3.15. The van der Waals surface area contributed by atoms with Crippen LogP contribution in [-0.2, 0) is 4.79 Å². The highest BCUT2D eigenvalue weighted by Gasteiger charge is 2.25. The molecule has 1 aliphatic heterocycles. The van der Waals surface area contributed by atoms with Crippen molar-refractivity contribution in [2.45, 2.75) is 36.7 Å². The molecule has 0 radical (unpaired) electrons. The number of methoxy groups -OCH3 is 2. The van der Waals surface area contributed by atoms with E-state index in [0.29, 0.717) is 22.6 Å². The summed E-state index contributed by atoms with van der Waals surface area (Å²) in [5.74, 6) is 1.73. The maximum Gasteiger partial charge on any atom is 0.277 e. The minimum absolute atomic E-state index is 0.126. The maximum absolute atomic E-state index is 12.5. The average molecular weight is 377 g/mol. The van der Waals surface area contributed by atoms with Gasteiger partial charge in [-0.05, 0) is 44.4 Å². The van der Waals surface area contributed by atoms with Gasteiger partial charge in [0.05, 0.1) is 19.5 Å². The van der Waals surface area contributed by atoms with E-state index in [1.807, 2.05) is 17.9 Å². The maximum atomic E-state index is 12.5. The van der Waals surface area contributed by atoms with Gasteiger partial charge in [-0.15, -0.1) is 10.2 Å². The van der Waals surface area contributed by atoms with Gasteiger partial charge in [0, 0.05) is 18.7 Å². The van der Waals surface area contributed by atoms with Crippen molar-refractivity contribution in [1.82, 2.24) is 15.1 Å². The van der Waals surface area contributed by atoms with Crippen LogP contribution in [0.15, 0.2) is 27.8 Å². The van der Waals surface area contributed by atoms with Crippen LogP contribution in [0, 0.1) is 0 Å². The van der Waals surface area contributed by atoms with Crippen LogP contribution in [-0.4, -0.2) is 53.6 Å². The van der Waals surface area contributed by atoms with Crippen molar-refractivity contribution in [3.05, 3.63) is 18.2 Å². The van der Waals surface area contributed by atoms with Gasteiger partial charge in [-0.3, -0.25) is 4.79 Å². The van der Waals surface area contributed by atoms with Gasteiger partial charge in [0.15, 0.2) is 11.5 Å². The van der Waals surface area contributed by atoms with Crippen LogP contribution < -0.4 is 9.47 Å². The molecule has 3 rings (SSSR count). The smallest absolute Gasteiger partial charge is 0.277 e. The largest absolute Gasteiger partial charge is 0.493 e. The SMILES string of the molecule is COc1ccc(-c2nnc(S[C@H](C)C(=O)N3CCCCC3)o2)cc1OC. The molecular weight excluding hydrogens is 354 g/mol. The van der Waals surface area contributed by atoms with E-state index in [-0.39, 0.29) is 11.2 Å². The Labute approximate surface area is 157 Å². The molecule has 1 fully saturated rings. The van der Waals surface area contributed by atoms with E-state index in [1.165, 1.54) is 18.2 Å². The first-order chi connectivity index (χ1) is 12.6. The summed E-state index contributed by atoms with van der Waals surface area (Å²) in [6, 6.07) is 5.39. The molecule has 1 aromatic carbocycles. The van der Waals surface area contributed by atoms with Gasteiger partial charge in [0.25, 0.3) is 5.22 Å². The second kappa shape index (κ2) is 8.44. The van der Waals surface area contributed by atoms with Gasteiger partial charge in [-0.25, -0.2) is 0 Å². The van der Waals surface area contributed by atoms with Crippen LogP contribution in [0.2, 0.25) is 0 Å². The van der Waals surface area contributed by atoms with Crippen molar-refractivity contribution in [1.29, 1.82) is 0 Å². The van der Waals surface area contributed by atoms with E-state index in [1.54, 1.807) is 26.4 Å². The zero-order valence-corrected chi connectivity index (χ0v) is 16.0. The highest BCUT2D eigenvalue weighted by molar-refractivity contribution is 8.00. The fourth-order valence-electron chi connectivity index (χ4n) is 2.92. The molecule has 1 aromatic heterocycles. The summed E-state index contributed by atoms with van der Waals surface area (Å²) >= 11 is 1.29. The van der Waals surface area contributed by atoms with Gasteiger partial charge in [0.1, 0.15) is 0 Å². The number of aromatic nitrogens is 2. The van der Waals surface area contributed by atoms with E-state index in [2.05, 4.69) is 10.2 Å². The standard InChI is InChI=1S/C18H23N3O4S/c1-12(17(22)21-9-5-4-6-10-21)26-18-20-19-16(25-18)13-7-8-14(23-2)15(11-13)24-3/h7-8,11-12H,4-6,9-10H2,1-3H3/t12-/m1/s1. The molecule has 1 amide bonds. The van der Waals surface area contributed by atoms with Gasteiger partial charge in [-0.1, -0.05) is 11.8 Å². The molecule has 8 heteroatoms. The topological polar surface area (TPSA) is 77.7 Å². The van der Waals surface area contributed by atoms with Crippen molar-refractivity contribution < 1.29 is 18.7 Å². The first kappa shape index (κ1) is 18.6. The molecule has 140 valence electrons. The Balaban J connectivity index is 1.68. The molecule has 2 heterocycles. The predicted octanol–water partition coefficient (Wildman–Crippen LogP) is 3.25. The minimum Gasteiger partial charge on any atom is -0.493 e. The van der Waals surface area contributed by atoms with E-state index >= 15 is 0 Å². The van der Waals surface area contributed by atoms with Crippen LogP contribution in [0.5, 0.6) is 11.5 Å². The molecule has 1 aliphatic rings. The summed E-state index contributed by atoms with van der Waals surface area (Å²) in [4.78, 5) is 14.4. The quantitative estimate of drug-likeness (QED) is 0.715. The number of benzene rings is 1. The molecular formula is C18H23N3O4S. The fourth-order valence-corrected chi connectivity index (χ4v) is 3.68. The number of hydrogen-bond donors (Lipinski definition) is 0. The van der Waals surface area contributed by atoms with E-state index in [4.69, 9.17) is 13.9 Å². The Kier molecular flexibility index (Phi) is 6.03. The normalized spacial score (nSPS) is 15.6. The van der Waals surface area contributed by atoms with Crippen LogP contribution in [0.1, 0.15) is 26.2 Å². The molecule has 0 bridgehead atoms. The number of ether oxygens (including phenoxy) is 2. The van der Waals surface area contributed by atoms with Crippen molar-refractivity contribution in [3.63, 3.8) is 0 Å². The van der Waals surface area contributed by atoms with Crippen LogP contribution in [0.25, 0.3) is 11.5 Å². The number of likely N-dealkylation sites (tertiary alicyclic amines) is 1. The summed E-state index contributed by atoms with van der Waals surface area (Å²) in [6.07, 6.45) is 3.35. The van der Waals surface area contributed by atoms with Crippen molar-refractivity contribution in [2.24, 2.45) is 0 Å². The summed E-state index contributed by atoms with van der Waals surface area (Å²) in [7, 11) is 3.16. The van der Waals surface area contributed by atoms with Gasteiger partial charge in [0.2, 0.25) is 11.8 Å². The van der Waals surface area contributed by atoms with E-state index < -0.39 is 0 Å². The van der Waals surface area contributed by atoms with Gasteiger partial charge in [-0.2, -0.15) is 0 Å². The minimum atomic E-state index is -0.258. The summed E-state index contributed by atoms with van der Waals surface area (Å²) in [5.41, 5.74) is 0.733. The van der Waals surface area contributed by atoms with E-state index in [0.717, 1.165) is 31.5 Å². The molecule has 2 aromatic rings. The highest BCUT2D eigenvalue weighted by atomic mass is 32.2. The fraction of sp³-hybridized carbons (Fsp3) is 0.500. The van der Waals surface area contributed by atoms with Crippen LogP contribution >= 0.6 is 11.8 Å². The molecule has 7 nitrogen and oxygen atoms in total. The number of amides is 1. The second-order valence-corrected chi connectivity index (χ2v) is 7.38. The van der Waals surface area contributed by atoms with Gasteiger partial charge >= 0.3 is 0 Å². The third-order valence-corrected chi connectivity index (χ3v) is 5.25. The van der Waals surface area contributed by atoms with Crippen LogP contribution in [0.3, 0.4) is 0 Å². The lowest BCUT2D eigenvalue weighted by Gasteiger charge is -2.28. The number of thioether (sulfide) groups is 1. The second-order valence-electron chi connectivity index (χ2n) is 6.09. The molecule has 26 heavy (non-hydrogen) atoms. The van der Waals surface area contributed by atoms with Crippen molar-refractivity contribution in [3.8, 4) is 23.0 Å². The lowest BCUT2D eigenvalue weighted by atomic mass is 10.1. The van der Waals surface area contributed by atoms with Crippen molar-refractivity contribution >= 4 is 17.7 Å². The Morgan fingerprint density at radius 1 is 1.15 bits per heavy atom. The molecule has 0 N–H and O–H groups in total. The molecule has 1 saturated heterocycles. The Hall–Kier alpha value is -2.22. The summed E-state index contributed by atoms with van der Waals surface area (Å²) in [5, 5.41) is 8.27. The third-order valence-electron chi connectivity index (χ3n) is 4.33. The number of hydrogen-bond acceptors (Lipinski definition) is 7. The third kappa shape index (κ3) is 4.12. The molecule has 0 spiro atoms. The molecule has 0 saturated carbocycles. The number of carbonyl (C=O) groups excluding carboxylic acids is 1. The van der Waals surface area contributed by atoms with Crippen molar-refractivity contribution in [2.75, 3.05) is 27.3 Å². The Morgan fingerprint density at radius 3 is 2.58 bits per heavy atom. The number of piperidine rings is 1. The predicted molar refractivity (Wildman–Crippen MR) is 98.6 cm³/mol. The van der Waals surface area contributed by atoms with Gasteiger partial charge < -0.3 is 18.8 Å². The van der Waals surface area contributed by atoms with E-state index in [9.17, 15) is 4.79 Å². The molecule has 0 unspecified atom stereocenters. The zero-order chi connectivity index (χ0) is 18.5. The highest BCUT2D eigenvalue weighted by Crippen LogP contribution is 2.33. The first-order valence-electron chi connectivity index (χ1n) is 8.63.